The van der Waals surface area contributed by atoms with Crippen LogP contribution in [0.3, 0.4) is 0 Å². The summed E-state index contributed by atoms with van der Waals surface area (Å²) >= 11 is 0.783. The summed E-state index contributed by atoms with van der Waals surface area (Å²) in [6.45, 7) is 1.09. The van der Waals surface area contributed by atoms with E-state index in [1.54, 1.807) is 12.3 Å². The van der Waals surface area contributed by atoms with Crippen LogP contribution < -0.4 is 16.8 Å². The predicted octanol–water partition coefficient (Wildman–Crippen LogP) is 3.05. The maximum atomic E-state index is 14.1. The molecule has 0 aliphatic carbocycles. The Labute approximate surface area is 229 Å². The van der Waals surface area contributed by atoms with Gasteiger partial charge in [-0.2, -0.15) is 4.37 Å². The number of fused-ring (bicyclic) bond motifs is 1. The van der Waals surface area contributed by atoms with E-state index >= 15 is 0 Å². The number of ether oxygens (including phenoxy) is 1. The highest BCUT2D eigenvalue weighted by molar-refractivity contribution is 7.09. The molecule has 5 N–H and O–H groups in total. The van der Waals surface area contributed by atoms with Gasteiger partial charge < -0.3 is 26.4 Å². The van der Waals surface area contributed by atoms with E-state index in [1.807, 2.05) is 54.6 Å². The molecule has 2 atom stereocenters. The van der Waals surface area contributed by atoms with Gasteiger partial charge in [0.25, 0.3) is 11.8 Å². The van der Waals surface area contributed by atoms with Crippen LogP contribution in [0.25, 0.3) is 10.9 Å². The molecule has 11 heteroatoms. The van der Waals surface area contributed by atoms with Crippen LogP contribution in [-0.4, -0.2) is 51.2 Å². The van der Waals surface area contributed by atoms with E-state index in [2.05, 4.69) is 14.7 Å². The van der Waals surface area contributed by atoms with Crippen LogP contribution in [0.4, 0.5) is 5.69 Å². The molecule has 1 aliphatic heterocycles. The molecule has 1 aliphatic rings. The number of pyridine rings is 1. The summed E-state index contributed by atoms with van der Waals surface area (Å²) in [6, 6.07) is 17.5. The average Bonchev–Trinajstić information content (AvgIpc) is 3.61. The van der Waals surface area contributed by atoms with Gasteiger partial charge in [0.05, 0.1) is 17.3 Å². The van der Waals surface area contributed by atoms with E-state index < -0.39 is 17.9 Å². The second-order valence-corrected chi connectivity index (χ2v) is 10.1. The predicted molar refractivity (Wildman–Crippen MR) is 148 cm³/mol. The lowest BCUT2D eigenvalue weighted by atomic mass is 10.00. The van der Waals surface area contributed by atoms with E-state index in [-0.39, 0.29) is 34.8 Å². The molecule has 3 heterocycles. The van der Waals surface area contributed by atoms with Crippen molar-refractivity contribution in [1.29, 1.82) is 0 Å². The second-order valence-electron chi connectivity index (χ2n) is 9.30. The molecule has 0 bridgehead atoms. The van der Waals surface area contributed by atoms with Gasteiger partial charge in [0.1, 0.15) is 10.9 Å². The molecule has 1 fully saturated rings. The van der Waals surface area contributed by atoms with E-state index in [1.165, 1.54) is 4.90 Å². The first kappa shape index (κ1) is 26.3. The van der Waals surface area contributed by atoms with E-state index in [0.717, 1.165) is 40.8 Å². The number of carbonyl (C=O) groups is 3. The number of aromatic nitrogens is 2. The number of nitrogens with zero attached hydrogens (tertiary/aromatic N) is 3. The number of nitrogens with two attached hydrogens (primary N) is 2. The molecule has 1 saturated heterocycles. The Morgan fingerprint density at radius 1 is 1.13 bits per heavy atom. The first-order valence-corrected chi connectivity index (χ1v) is 13.3. The van der Waals surface area contributed by atoms with Crippen LogP contribution in [0.1, 0.15) is 50.2 Å². The molecule has 2 aromatic heterocycles. The zero-order chi connectivity index (χ0) is 27.4. The molecule has 0 unspecified atom stereocenters. The third-order valence-electron chi connectivity index (χ3n) is 6.64. The smallest absolute Gasteiger partial charge is 0.270 e. The number of primary amides is 1. The van der Waals surface area contributed by atoms with Gasteiger partial charge in [-0.25, -0.2) is 0 Å². The molecular weight excluding hydrogens is 516 g/mol. The standard InChI is InChI=1S/C28H28N6O4S/c29-22-23(26(30)35)33-39-25(22)28(37)34(16-17-6-2-1-3-7-17)24(27(36)32-15-20-9-5-13-38-20)19-10-11-21-18(14-19)8-4-12-31-21/h1-4,6-8,10-12,14,20,24H,5,9,13,15-16,29H2,(H2,30,35)(H,32,36)/t20-,24-/m0/s1. The molecule has 5 rings (SSSR count). The van der Waals surface area contributed by atoms with Gasteiger partial charge in [-0.1, -0.05) is 42.5 Å². The minimum Gasteiger partial charge on any atom is -0.395 e. The number of amides is 3. The molecule has 10 nitrogen and oxygen atoms in total. The average molecular weight is 545 g/mol. The van der Waals surface area contributed by atoms with E-state index in [4.69, 9.17) is 16.2 Å². The molecular formula is C28H28N6O4S. The zero-order valence-corrected chi connectivity index (χ0v) is 21.9. The van der Waals surface area contributed by atoms with Crippen molar-refractivity contribution < 1.29 is 19.1 Å². The van der Waals surface area contributed by atoms with Crippen molar-refractivity contribution in [3.8, 4) is 0 Å². The van der Waals surface area contributed by atoms with Gasteiger partial charge in [0.15, 0.2) is 5.69 Å². The third kappa shape index (κ3) is 5.74. The molecule has 3 amide bonds. The summed E-state index contributed by atoms with van der Waals surface area (Å²) in [7, 11) is 0. The number of rotatable bonds is 9. The second kappa shape index (κ2) is 11.6. The van der Waals surface area contributed by atoms with Gasteiger partial charge in [0.2, 0.25) is 5.91 Å². The number of benzene rings is 2. The zero-order valence-electron chi connectivity index (χ0n) is 21.1. The summed E-state index contributed by atoms with van der Waals surface area (Å²) in [6.07, 6.45) is 3.41. The summed E-state index contributed by atoms with van der Waals surface area (Å²) < 4.78 is 9.69. The van der Waals surface area contributed by atoms with Gasteiger partial charge in [-0.05, 0) is 53.7 Å². The highest BCUT2D eigenvalue weighted by atomic mass is 32.1. The van der Waals surface area contributed by atoms with Crippen LogP contribution in [-0.2, 0) is 16.1 Å². The minimum atomic E-state index is -1.03. The highest BCUT2D eigenvalue weighted by Crippen LogP contribution is 2.31. The van der Waals surface area contributed by atoms with Crippen LogP contribution in [0.15, 0.2) is 66.9 Å². The fourth-order valence-electron chi connectivity index (χ4n) is 4.67. The van der Waals surface area contributed by atoms with Gasteiger partial charge in [-0.15, -0.1) is 0 Å². The Kier molecular flexibility index (Phi) is 7.80. The van der Waals surface area contributed by atoms with Crippen LogP contribution in [0, 0.1) is 0 Å². The molecule has 0 radical (unpaired) electrons. The molecule has 2 aromatic carbocycles. The van der Waals surface area contributed by atoms with E-state index in [9.17, 15) is 14.4 Å². The third-order valence-corrected chi connectivity index (χ3v) is 7.49. The maximum absolute atomic E-state index is 14.1. The Balaban J connectivity index is 1.59. The normalized spacial score (nSPS) is 15.6. The van der Waals surface area contributed by atoms with Gasteiger partial charge in [0, 0.05) is 31.3 Å². The summed E-state index contributed by atoms with van der Waals surface area (Å²) in [5.41, 5.74) is 13.4. The lowest BCUT2D eigenvalue weighted by Gasteiger charge is -2.32. The van der Waals surface area contributed by atoms with Crippen molar-refractivity contribution in [2.45, 2.75) is 31.5 Å². The first-order valence-electron chi connectivity index (χ1n) is 12.6. The van der Waals surface area contributed by atoms with Crippen molar-refractivity contribution in [2.75, 3.05) is 18.9 Å². The first-order chi connectivity index (χ1) is 18.9. The summed E-state index contributed by atoms with van der Waals surface area (Å²) in [5, 5.41) is 3.82. The summed E-state index contributed by atoms with van der Waals surface area (Å²) in [5.74, 6) is -1.73. The van der Waals surface area contributed by atoms with Crippen LogP contribution >= 0.6 is 11.5 Å². The molecule has 4 aromatic rings. The lowest BCUT2D eigenvalue weighted by Crippen LogP contribution is -2.45. The number of hydrogen-bond acceptors (Lipinski definition) is 8. The van der Waals surface area contributed by atoms with Crippen molar-refractivity contribution >= 4 is 45.8 Å². The maximum Gasteiger partial charge on any atom is 0.270 e. The van der Waals surface area contributed by atoms with Crippen LogP contribution in [0.5, 0.6) is 0 Å². The topological polar surface area (TPSA) is 154 Å². The fraction of sp³-hybridized carbons (Fsp3) is 0.250. The quantitative estimate of drug-likeness (QED) is 0.293. The molecule has 39 heavy (non-hydrogen) atoms. The Hall–Kier alpha value is -4.35. The highest BCUT2D eigenvalue weighted by Gasteiger charge is 2.35. The Morgan fingerprint density at radius 3 is 2.67 bits per heavy atom. The number of hydrogen-bond donors (Lipinski definition) is 3. The number of carbonyl (C=O) groups excluding carboxylic acids is 3. The van der Waals surface area contributed by atoms with Crippen LogP contribution in [0.2, 0.25) is 0 Å². The van der Waals surface area contributed by atoms with Crippen molar-refractivity contribution in [2.24, 2.45) is 5.73 Å². The molecule has 0 spiro atoms. The molecule has 200 valence electrons. The van der Waals surface area contributed by atoms with Crippen molar-refractivity contribution in [3.05, 3.63) is 88.6 Å². The molecule has 0 saturated carbocycles. The Morgan fingerprint density at radius 2 is 1.95 bits per heavy atom. The van der Waals surface area contributed by atoms with Gasteiger partial charge in [-0.3, -0.25) is 19.4 Å². The van der Waals surface area contributed by atoms with Crippen molar-refractivity contribution in [3.63, 3.8) is 0 Å². The monoisotopic (exact) mass is 544 g/mol. The number of nitrogens with one attached hydrogen (secondary N) is 1. The number of anilines is 1. The van der Waals surface area contributed by atoms with Crippen molar-refractivity contribution in [1.82, 2.24) is 19.6 Å². The van der Waals surface area contributed by atoms with Gasteiger partial charge >= 0.3 is 0 Å². The SMILES string of the molecule is NC(=O)c1nsc(C(=O)N(Cc2ccccc2)[C@H](C(=O)NC[C@@H]2CCCO2)c2ccc3ncccc3c2)c1N. The summed E-state index contributed by atoms with van der Waals surface area (Å²) in [4.78, 5) is 45.7. The Bertz CT molecular complexity index is 1500. The lowest BCUT2D eigenvalue weighted by molar-refractivity contribution is -0.126. The fourth-order valence-corrected chi connectivity index (χ4v) is 5.43. The minimum absolute atomic E-state index is 0.0408. The largest absolute Gasteiger partial charge is 0.395 e. The number of nitrogen functional groups attached to an aromatic ring is 1. The van der Waals surface area contributed by atoms with E-state index in [0.29, 0.717) is 18.7 Å².